The van der Waals surface area contributed by atoms with Crippen molar-refractivity contribution < 1.29 is 9.21 Å². The van der Waals surface area contributed by atoms with Crippen molar-refractivity contribution in [3.8, 4) is 0 Å². The van der Waals surface area contributed by atoms with Crippen LogP contribution in [0.1, 0.15) is 16.2 Å². The molecule has 7 heteroatoms. The van der Waals surface area contributed by atoms with Gasteiger partial charge in [-0.25, -0.2) is 4.98 Å². The van der Waals surface area contributed by atoms with Gasteiger partial charge in [-0.3, -0.25) is 9.78 Å². The molecule has 0 saturated heterocycles. The fraction of sp³-hybridized carbons (Fsp3) is 0.182. The molecule has 1 amide bonds. The Morgan fingerprint density at radius 2 is 2.28 bits per heavy atom. The van der Waals surface area contributed by atoms with Gasteiger partial charge in [-0.05, 0) is 28.1 Å². The summed E-state index contributed by atoms with van der Waals surface area (Å²) in [6.45, 7) is 0.346. The molecular weight excluding hydrogens is 321 g/mol. The van der Waals surface area contributed by atoms with E-state index in [2.05, 4.69) is 25.9 Å². The van der Waals surface area contributed by atoms with Crippen LogP contribution < -0.4 is 0 Å². The summed E-state index contributed by atoms with van der Waals surface area (Å²) in [5, 5.41) is 0.190. The van der Waals surface area contributed by atoms with E-state index >= 15 is 0 Å². The van der Waals surface area contributed by atoms with Crippen molar-refractivity contribution in [1.82, 2.24) is 14.9 Å². The second-order valence-corrected chi connectivity index (χ2v) is 4.76. The summed E-state index contributed by atoms with van der Waals surface area (Å²) in [4.78, 5) is 21.2. The maximum atomic E-state index is 12.0. The molecule has 5 nitrogen and oxygen atoms in total. The number of halogens is 2. The molecule has 0 unspecified atom stereocenters. The molecule has 2 aromatic heterocycles. The van der Waals surface area contributed by atoms with Crippen molar-refractivity contribution in [3.63, 3.8) is 0 Å². The number of carbonyl (C=O) groups is 1. The number of nitrogens with zero attached hydrogens (tertiary/aromatic N) is 3. The summed E-state index contributed by atoms with van der Waals surface area (Å²) in [5.74, 6) is 0.408. The minimum atomic E-state index is -0.266. The van der Waals surface area contributed by atoms with Gasteiger partial charge in [0, 0.05) is 7.05 Å². The molecule has 94 valence electrons. The predicted molar refractivity (Wildman–Crippen MR) is 69.2 cm³/mol. The van der Waals surface area contributed by atoms with Gasteiger partial charge >= 0.3 is 0 Å². The Kier molecular flexibility index (Phi) is 3.98. The first kappa shape index (κ1) is 13.0. The monoisotopic (exact) mass is 329 g/mol. The van der Waals surface area contributed by atoms with Gasteiger partial charge in [0.05, 0.1) is 18.9 Å². The van der Waals surface area contributed by atoms with Crippen LogP contribution in [-0.4, -0.2) is 27.8 Å². The van der Waals surface area contributed by atoms with E-state index in [1.54, 1.807) is 19.2 Å². The van der Waals surface area contributed by atoms with E-state index < -0.39 is 0 Å². The third-order valence-corrected chi connectivity index (χ3v) is 2.80. The minimum Gasteiger partial charge on any atom is -0.452 e. The Balaban J connectivity index is 2.09. The van der Waals surface area contributed by atoms with Crippen LogP contribution in [0.2, 0.25) is 5.15 Å². The van der Waals surface area contributed by atoms with Gasteiger partial charge in [0.15, 0.2) is 4.67 Å². The van der Waals surface area contributed by atoms with Crippen LogP contribution in [0.4, 0.5) is 0 Å². The molecule has 0 saturated carbocycles. The molecule has 0 aliphatic rings. The summed E-state index contributed by atoms with van der Waals surface area (Å²) < 4.78 is 5.95. The highest BCUT2D eigenvalue weighted by atomic mass is 79.9. The quantitative estimate of drug-likeness (QED) is 0.868. The lowest BCUT2D eigenvalue weighted by Gasteiger charge is -2.14. The van der Waals surface area contributed by atoms with Gasteiger partial charge in [0.1, 0.15) is 16.6 Å². The zero-order chi connectivity index (χ0) is 13.1. The van der Waals surface area contributed by atoms with Gasteiger partial charge in [0.2, 0.25) is 0 Å². The van der Waals surface area contributed by atoms with E-state index in [1.165, 1.54) is 17.3 Å². The molecule has 0 spiro atoms. The lowest BCUT2D eigenvalue weighted by atomic mass is 10.3. The van der Waals surface area contributed by atoms with E-state index in [-0.39, 0.29) is 16.8 Å². The molecular formula is C11H9BrClN3O2. The van der Waals surface area contributed by atoms with E-state index in [9.17, 15) is 4.79 Å². The van der Waals surface area contributed by atoms with Crippen LogP contribution in [0, 0.1) is 0 Å². The lowest BCUT2D eigenvalue weighted by molar-refractivity contribution is 0.0768. The summed E-state index contributed by atoms with van der Waals surface area (Å²) >= 11 is 8.89. The third kappa shape index (κ3) is 3.08. The number of aromatic nitrogens is 2. The van der Waals surface area contributed by atoms with E-state index in [1.807, 2.05) is 0 Å². The second-order valence-electron chi connectivity index (χ2n) is 3.59. The highest BCUT2D eigenvalue weighted by Gasteiger charge is 2.15. The molecule has 0 aliphatic carbocycles. The summed E-state index contributed by atoms with van der Waals surface area (Å²) in [6, 6.07) is 3.56. The summed E-state index contributed by atoms with van der Waals surface area (Å²) in [6.07, 6.45) is 2.75. The van der Waals surface area contributed by atoms with Crippen LogP contribution in [-0.2, 0) is 6.54 Å². The number of carbonyl (C=O) groups excluding carboxylic acids is 1. The Hall–Kier alpha value is -1.40. The van der Waals surface area contributed by atoms with Gasteiger partial charge in [-0.15, -0.1) is 0 Å². The molecule has 0 atom stereocenters. The smallest absolute Gasteiger partial charge is 0.274 e. The minimum absolute atomic E-state index is 0.190. The standard InChI is InChI=1S/C11H9BrClN3O2/c1-16(6-7-2-3-9(12)18-7)11(17)8-4-14-5-10(13)15-8/h2-5H,6H2,1H3. The highest BCUT2D eigenvalue weighted by Crippen LogP contribution is 2.16. The fourth-order valence-corrected chi connectivity index (χ4v) is 1.87. The number of amides is 1. The molecule has 0 radical (unpaired) electrons. The van der Waals surface area contributed by atoms with Crippen LogP contribution in [0.25, 0.3) is 0 Å². The molecule has 2 heterocycles. The molecule has 0 aliphatic heterocycles. The molecule has 18 heavy (non-hydrogen) atoms. The second kappa shape index (κ2) is 5.49. The summed E-state index contributed by atoms with van der Waals surface area (Å²) in [7, 11) is 1.65. The van der Waals surface area contributed by atoms with E-state index in [0.717, 1.165) is 0 Å². The topological polar surface area (TPSA) is 59.2 Å². The van der Waals surface area contributed by atoms with Crippen LogP contribution in [0.3, 0.4) is 0 Å². The third-order valence-electron chi connectivity index (χ3n) is 2.19. The van der Waals surface area contributed by atoms with Crippen molar-refractivity contribution >= 4 is 33.4 Å². The molecule has 0 fully saturated rings. The number of rotatable bonds is 3. The lowest BCUT2D eigenvalue weighted by Crippen LogP contribution is -2.27. The first-order chi connectivity index (χ1) is 8.56. The predicted octanol–water partition coefficient (Wildman–Crippen LogP) is 2.76. The Morgan fingerprint density at radius 3 is 2.89 bits per heavy atom. The zero-order valence-electron chi connectivity index (χ0n) is 9.43. The zero-order valence-corrected chi connectivity index (χ0v) is 11.8. The van der Waals surface area contributed by atoms with Crippen LogP contribution >= 0.6 is 27.5 Å². The van der Waals surface area contributed by atoms with Crippen molar-refractivity contribution in [1.29, 1.82) is 0 Å². The van der Waals surface area contributed by atoms with Crippen LogP contribution in [0.15, 0.2) is 33.6 Å². The first-order valence-corrected chi connectivity index (χ1v) is 6.20. The van der Waals surface area contributed by atoms with Crippen molar-refractivity contribution in [2.24, 2.45) is 0 Å². The van der Waals surface area contributed by atoms with Crippen molar-refractivity contribution in [3.05, 3.63) is 45.8 Å². The Labute approximate surface area is 117 Å². The van der Waals surface area contributed by atoms with Gasteiger partial charge < -0.3 is 9.32 Å². The maximum Gasteiger partial charge on any atom is 0.274 e. The van der Waals surface area contributed by atoms with Crippen molar-refractivity contribution in [2.45, 2.75) is 6.54 Å². The number of furan rings is 1. The fourth-order valence-electron chi connectivity index (χ4n) is 1.38. The number of hydrogen-bond donors (Lipinski definition) is 0. The molecule has 2 rings (SSSR count). The average Bonchev–Trinajstić information content (AvgIpc) is 2.73. The molecule has 0 bridgehead atoms. The first-order valence-electron chi connectivity index (χ1n) is 5.03. The molecule has 0 aromatic carbocycles. The van der Waals surface area contributed by atoms with Crippen LogP contribution in [0.5, 0.6) is 0 Å². The average molecular weight is 331 g/mol. The van der Waals surface area contributed by atoms with Gasteiger partial charge in [-0.1, -0.05) is 11.6 Å². The van der Waals surface area contributed by atoms with Crippen molar-refractivity contribution in [2.75, 3.05) is 7.05 Å². The maximum absolute atomic E-state index is 12.0. The number of hydrogen-bond acceptors (Lipinski definition) is 4. The highest BCUT2D eigenvalue weighted by molar-refractivity contribution is 9.10. The Morgan fingerprint density at radius 1 is 1.50 bits per heavy atom. The summed E-state index contributed by atoms with van der Waals surface area (Å²) in [5.41, 5.74) is 0.204. The van der Waals surface area contributed by atoms with E-state index in [4.69, 9.17) is 16.0 Å². The Bertz CT molecular complexity index is 573. The SMILES string of the molecule is CN(Cc1ccc(Br)o1)C(=O)c1cncc(Cl)n1. The molecule has 2 aromatic rings. The van der Waals surface area contributed by atoms with Gasteiger partial charge in [-0.2, -0.15) is 0 Å². The largest absolute Gasteiger partial charge is 0.452 e. The van der Waals surface area contributed by atoms with E-state index in [0.29, 0.717) is 17.0 Å². The normalized spacial score (nSPS) is 10.4. The molecule has 0 N–H and O–H groups in total. The van der Waals surface area contributed by atoms with Gasteiger partial charge in [0.25, 0.3) is 5.91 Å².